The largest absolute Gasteiger partial charge is 0.424 e. The van der Waals surface area contributed by atoms with Crippen LogP contribution in [0.4, 0.5) is 0 Å². The zero-order valence-corrected chi connectivity index (χ0v) is 13.9. The maximum atomic E-state index is 12.4. The molecule has 0 saturated heterocycles. The van der Waals surface area contributed by atoms with E-state index in [-0.39, 0.29) is 5.04 Å². The SMILES string of the molecule is CC(C)(C)[Si](=O)/N=C(\CCC1CC1)c1cccc(C#N)n1. The lowest BCUT2D eigenvalue weighted by molar-refractivity contribution is 0.526. The van der Waals surface area contributed by atoms with Crippen molar-refractivity contribution in [2.75, 3.05) is 0 Å². The lowest BCUT2D eigenvalue weighted by Gasteiger charge is -2.13. The van der Waals surface area contributed by atoms with Crippen molar-refractivity contribution in [1.29, 1.82) is 5.26 Å². The van der Waals surface area contributed by atoms with E-state index in [4.69, 9.17) is 5.26 Å². The molecule has 0 bridgehead atoms. The molecule has 0 spiro atoms. The van der Waals surface area contributed by atoms with E-state index in [0.717, 1.165) is 24.5 Å². The summed E-state index contributed by atoms with van der Waals surface area (Å²) < 4.78 is 16.9. The van der Waals surface area contributed by atoms with Gasteiger partial charge in [-0.2, -0.15) is 5.26 Å². The molecule has 0 unspecified atom stereocenters. The fourth-order valence-electron chi connectivity index (χ4n) is 1.94. The summed E-state index contributed by atoms with van der Waals surface area (Å²) in [6.07, 6.45) is 4.43. The minimum Gasteiger partial charge on any atom is -0.357 e. The van der Waals surface area contributed by atoms with Crippen molar-refractivity contribution in [2.24, 2.45) is 10.6 Å². The molecule has 1 aliphatic rings. The van der Waals surface area contributed by atoms with Gasteiger partial charge in [-0.05, 0) is 30.9 Å². The van der Waals surface area contributed by atoms with E-state index in [2.05, 4.69) is 9.64 Å². The molecule has 0 N–H and O–H groups in total. The van der Waals surface area contributed by atoms with Gasteiger partial charge in [-0.15, -0.1) is 0 Å². The molecule has 1 aromatic heterocycles. The normalized spacial score (nSPS) is 15.6. The van der Waals surface area contributed by atoms with E-state index in [1.165, 1.54) is 12.8 Å². The molecule has 1 aromatic rings. The number of pyridine rings is 1. The molecule has 0 aromatic carbocycles. The molecule has 4 nitrogen and oxygen atoms in total. The van der Waals surface area contributed by atoms with Crippen molar-refractivity contribution >= 4 is 14.6 Å². The van der Waals surface area contributed by atoms with Crippen molar-refractivity contribution in [2.45, 2.75) is 51.5 Å². The summed E-state index contributed by atoms with van der Waals surface area (Å²) in [5.74, 6) is 0.784. The summed E-state index contributed by atoms with van der Waals surface area (Å²) in [5.41, 5.74) is 1.86. The highest BCUT2D eigenvalue weighted by Gasteiger charge is 2.26. The Kier molecular flexibility index (Phi) is 4.79. The molecule has 110 valence electrons. The molecule has 1 saturated carbocycles. The maximum Gasteiger partial charge on any atom is 0.424 e. The van der Waals surface area contributed by atoms with Gasteiger partial charge < -0.3 is 4.46 Å². The summed E-state index contributed by atoms with van der Waals surface area (Å²) in [4.78, 5) is 4.31. The standard InChI is InChI=1S/C16H21N3OSi/c1-16(2,3)21(20)19-15(10-9-12-7-8-12)14-6-4-5-13(11-17)18-14/h4-6,12H,7-10H2,1-3H3/b19-15+. The Hall–Kier alpha value is -1.67. The van der Waals surface area contributed by atoms with Gasteiger partial charge in [0.1, 0.15) is 11.8 Å². The van der Waals surface area contributed by atoms with Gasteiger partial charge >= 0.3 is 8.84 Å². The first kappa shape index (κ1) is 15.7. The molecule has 5 heteroatoms. The van der Waals surface area contributed by atoms with E-state index >= 15 is 0 Å². The number of rotatable bonds is 5. The van der Waals surface area contributed by atoms with Crippen molar-refractivity contribution in [1.82, 2.24) is 4.98 Å². The van der Waals surface area contributed by atoms with Crippen LogP contribution in [0.5, 0.6) is 0 Å². The average molecular weight is 299 g/mol. The Balaban J connectivity index is 2.27. The highest BCUT2D eigenvalue weighted by atomic mass is 28.3. The minimum atomic E-state index is -2.08. The fraction of sp³-hybridized carbons (Fsp3) is 0.562. The highest BCUT2D eigenvalue weighted by Crippen LogP contribution is 2.34. The van der Waals surface area contributed by atoms with Crippen LogP contribution in [0.25, 0.3) is 0 Å². The molecule has 21 heavy (non-hydrogen) atoms. The van der Waals surface area contributed by atoms with Crippen molar-refractivity contribution in [3.63, 3.8) is 0 Å². The first-order valence-electron chi connectivity index (χ1n) is 7.39. The van der Waals surface area contributed by atoms with Crippen LogP contribution in [0.2, 0.25) is 5.04 Å². The zero-order chi connectivity index (χ0) is 15.5. The van der Waals surface area contributed by atoms with Gasteiger partial charge in [0.15, 0.2) is 0 Å². The first-order chi connectivity index (χ1) is 9.90. The molecule has 1 aliphatic carbocycles. The Bertz CT molecular complexity index is 607. The molecule has 1 heterocycles. The summed E-state index contributed by atoms with van der Waals surface area (Å²) >= 11 is 0. The second-order valence-electron chi connectivity index (χ2n) is 6.62. The van der Waals surface area contributed by atoms with Crippen LogP contribution in [0.1, 0.15) is 57.8 Å². The van der Waals surface area contributed by atoms with E-state index in [1.54, 1.807) is 6.07 Å². The third-order valence-corrected chi connectivity index (χ3v) is 5.28. The van der Waals surface area contributed by atoms with Gasteiger partial charge in [-0.25, -0.2) is 4.98 Å². The minimum absolute atomic E-state index is 0.317. The quantitative estimate of drug-likeness (QED) is 0.615. The van der Waals surface area contributed by atoms with E-state index in [9.17, 15) is 4.46 Å². The van der Waals surface area contributed by atoms with Gasteiger partial charge in [-0.3, -0.25) is 4.66 Å². The molecule has 0 aliphatic heterocycles. The third-order valence-electron chi connectivity index (χ3n) is 3.52. The second kappa shape index (κ2) is 6.40. The summed E-state index contributed by atoms with van der Waals surface area (Å²) in [6, 6.07) is 7.38. The van der Waals surface area contributed by atoms with Crippen LogP contribution >= 0.6 is 0 Å². The maximum absolute atomic E-state index is 12.4. The predicted octanol–water partition coefficient (Wildman–Crippen LogP) is 3.65. The highest BCUT2D eigenvalue weighted by molar-refractivity contribution is 6.47. The van der Waals surface area contributed by atoms with Gasteiger partial charge in [0.2, 0.25) is 0 Å². The Morgan fingerprint density at radius 2 is 2.19 bits per heavy atom. The third kappa shape index (κ3) is 4.67. The smallest absolute Gasteiger partial charge is 0.357 e. The number of hydrogen-bond donors (Lipinski definition) is 0. The Labute approximate surface area is 127 Å². The van der Waals surface area contributed by atoms with Gasteiger partial charge in [0.05, 0.1) is 11.4 Å². The molecule has 0 atom stereocenters. The monoisotopic (exact) mass is 299 g/mol. The van der Waals surface area contributed by atoms with Gasteiger partial charge in [-0.1, -0.05) is 39.7 Å². The molecular formula is C16H21N3OSi. The molecule has 0 amide bonds. The number of aromatic nitrogens is 1. The van der Waals surface area contributed by atoms with Crippen molar-refractivity contribution < 1.29 is 4.46 Å². The van der Waals surface area contributed by atoms with E-state index in [0.29, 0.717) is 11.4 Å². The van der Waals surface area contributed by atoms with Crippen LogP contribution in [-0.2, 0) is 4.46 Å². The van der Waals surface area contributed by atoms with Crippen LogP contribution in [0, 0.1) is 17.2 Å². The molecule has 2 rings (SSSR count). The first-order valence-corrected chi connectivity index (χ1v) is 8.75. The van der Waals surface area contributed by atoms with Gasteiger partial charge in [0.25, 0.3) is 0 Å². The average Bonchev–Trinajstić information content (AvgIpc) is 3.26. The molecule has 1 fully saturated rings. The Morgan fingerprint density at radius 1 is 1.48 bits per heavy atom. The summed E-state index contributed by atoms with van der Waals surface area (Å²) in [6.45, 7) is 5.82. The van der Waals surface area contributed by atoms with Gasteiger partial charge in [0, 0.05) is 5.04 Å². The number of hydrogen-bond acceptors (Lipinski definition) is 3. The van der Waals surface area contributed by atoms with Crippen LogP contribution < -0.4 is 0 Å². The van der Waals surface area contributed by atoms with Crippen LogP contribution in [0.15, 0.2) is 22.9 Å². The lowest BCUT2D eigenvalue weighted by Crippen LogP contribution is -2.17. The van der Waals surface area contributed by atoms with Crippen molar-refractivity contribution in [3.8, 4) is 6.07 Å². The molecular weight excluding hydrogens is 278 g/mol. The lowest BCUT2D eigenvalue weighted by atomic mass is 10.1. The topological polar surface area (TPSA) is 66.1 Å². The van der Waals surface area contributed by atoms with Crippen LogP contribution in [0.3, 0.4) is 0 Å². The number of nitriles is 1. The van der Waals surface area contributed by atoms with E-state index in [1.807, 2.05) is 39.0 Å². The summed E-state index contributed by atoms with van der Waals surface area (Å²) in [5, 5.41) is 8.66. The predicted molar refractivity (Wildman–Crippen MR) is 83.6 cm³/mol. The van der Waals surface area contributed by atoms with Crippen molar-refractivity contribution in [3.05, 3.63) is 29.6 Å². The number of nitrogens with zero attached hydrogens (tertiary/aromatic N) is 3. The second-order valence-corrected chi connectivity index (χ2v) is 8.95. The van der Waals surface area contributed by atoms with E-state index < -0.39 is 8.84 Å². The Morgan fingerprint density at radius 3 is 2.76 bits per heavy atom. The van der Waals surface area contributed by atoms with Crippen LogP contribution in [-0.4, -0.2) is 19.5 Å². The fourth-order valence-corrected chi connectivity index (χ4v) is 2.74. The zero-order valence-electron chi connectivity index (χ0n) is 12.9. The summed E-state index contributed by atoms with van der Waals surface area (Å²) in [7, 11) is -2.08. The molecule has 0 radical (unpaired) electrons.